The lowest BCUT2D eigenvalue weighted by Gasteiger charge is -2.35. The van der Waals surface area contributed by atoms with Crippen molar-refractivity contribution >= 4 is 24.0 Å². The van der Waals surface area contributed by atoms with E-state index in [1.54, 1.807) is 14.2 Å². The Morgan fingerprint density at radius 1 is 1.08 bits per heavy atom. The molecule has 0 bridgehead atoms. The number of hydrogen-bond acceptors (Lipinski definition) is 3. The first-order chi connectivity index (χ1) is 11.6. The van der Waals surface area contributed by atoms with Crippen LogP contribution in [-0.2, 0) is 12.8 Å². The van der Waals surface area contributed by atoms with E-state index in [0.717, 1.165) is 42.3 Å². The van der Waals surface area contributed by atoms with Gasteiger partial charge in [0.25, 0.3) is 0 Å². The fourth-order valence-electron chi connectivity index (χ4n) is 3.48. The summed E-state index contributed by atoms with van der Waals surface area (Å²) in [7, 11) is 5.59. The van der Waals surface area contributed by atoms with Crippen LogP contribution in [0.5, 0.6) is 11.5 Å². The molecule has 1 aliphatic heterocycles. The maximum Gasteiger partial charge on any atom is 0.161 e. The number of halogens is 2. The summed E-state index contributed by atoms with van der Waals surface area (Å²) in [5.41, 5.74) is 4.04. The van der Waals surface area contributed by atoms with Crippen LogP contribution in [0.4, 0.5) is 0 Å². The third-order valence-corrected chi connectivity index (χ3v) is 5.14. The summed E-state index contributed by atoms with van der Waals surface area (Å²) in [4.78, 5) is 2.43. The van der Waals surface area contributed by atoms with Crippen LogP contribution in [0.25, 0.3) is 0 Å². The van der Waals surface area contributed by atoms with Crippen LogP contribution >= 0.6 is 24.0 Å². The van der Waals surface area contributed by atoms with Crippen molar-refractivity contribution in [2.75, 3.05) is 27.8 Å². The molecule has 0 saturated carbocycles. The molecule has 0 N–H and O–H groups in total. The summed E-state index contributed by atoms with van der Waals surface area (Å²) in [6.45, 7) is 1.06. The second-order valence-corrected chi connectivity index (χ2v) is 6.75. The van der Waals surface area contributed by atoms with Gasteiger partial charge in [-0.3, -0.25) is 4.90 Å². The standard InChI is InChI=1S/C20H24ClNO2.ClH/c1-22-11-10-15-12-19(23-2)20(24-3)13-17(15)18(22)9-6-14-4-7-16(21)8-5-14;/h4-5,7-8,12-13,18H,6,9-11H2,1-3H3;1H/t18-;/m1./s1. The van der Waals surface area contributed by atoms with Crippen LogP contribution in [0, 0.1) is 0 Å². The Morgan fingerprint density at radius 3 is 2.36 bits per heavy atom. The molecule has 1 heterocycles. The Kier molecular flexibility index (Phi) is 7.00. The summed E-state index contributed by atoms with van der Waals surface area (Å²) in [6.07, 6.45) is 3.14. The smallest absolute Gasteiger partial charge is 0.161 e. The largest absolute Gasteiger partial charge is 0.493 e. The van der Waals surface area contributed by atoms with Gasteiger partial charge in [0, 0.05) is 17.6 Å². The SMILES string of the molecule is COc1cc2c(cc1OC)[C@@H](CCc1ccc(Cl)cc1)N(C)CC2.Cl. The summed E-state index contributed by atoms with van der Waals surface area (Å²) >= 11 is 5.98. The molecule has 0 fully saturated rings. The number of methoxy groups -OCH3 is 2. The van der Waals surface area contributed by atoms with E-state index >= 15 is 0 Å². The molecule has 1 atom stereocenters. The van der Waals surface area contributed by atoms with Gasteiger partial charge < -0.3 is 9.47 Å². The predicted molar refractivity (Wildman–Crippen MR) is 106 cm³/mol. The van der Waals surface area contributed by atoms with Crippen molar-refractivity contribution in [3.8, 4) is 11.5 Å². The van der Waals surface area contributed by atoms with E-state index in [4.69, 9.17) is 21.1 Å². The Bertz CT molecular complexity index is 704. The molecule has 5 heteroatoms. The Balaban J connectivity index is 0.00000225. The Labute approximate surface area is 161 Å². The monoisotopic (exact) mass is 381 g/mol. The van der Waals surface area contributed by atoms with Gasteiger partial charge in [-0.15, -0.1) is 12.4 Å². The summed E-state index contributed by atoms with van der Waals surface area (Å²) in [5.74, 6) is 1.63. The zero-order valence-corrected chi connectivity index (χ0v) is 16.5. The van der Waals surface area contributed by atoms with Crippen molar-refractivity contribution in [2.45, 2.75) is 25.3 Å². The highest BCUT2D eigenvalue weighted by molar-refractivity contribution is 6.30. The third kappa shape index (κ3) is 4.41. The Morgan fingerprint density at radius 2 is 1.72 bits per heavy atom. The molecule has 136 valence electrons. The number of likely N-dealkylation sites (N-methyl/N-ethyl adjacent to an activating group) is 1. The molecule has 0 amide bonds. The molecule has 0 aromatic heterocycles. The van der Waals surface area contributed by atoms with Gasteiger partial charge in [-0.1, -0.05) is 23.7 Å². The normalized spacial score (nSPS) is 16.7. The average Bonchev–Trinajstić information content (AvgIpc) is 2.61. The van der Waals surface area contributed by atoms with Gasteiger partial charge in [-0.25, -0.2) is 0 Å². The van der Waals surface area contributed by atoms with E-state index in [-0.39, 0.29) is 12.4 Å². The first-order valence-electron chi connectivity index (χ1n) is 8.32. The van der Waals surface area contributed by atoms with Crippen LogP contribution < -0.4 is 9.47 Å². The van der Waals surface area contributed by atoms with Crippen molar-refractivity contribution in [3.63, 3.8) is 0 Å². The maximum absolute atomic E-state index is 5.98. The van der Waals surface area contributed by atoms with E-state index in [1.807, 2.05) is 12.1 Å². The van der Waals surface area contributed by atoms with Gasteiger partial charge in [-0.2, -0.15) is 0 Å². The molecule has 1 aliphatic rings. The van der Waals surface area contributed by atoms with Crippen LogP contribution in [0.15, 0.2) is 36.4 Å². The number of rotatable bonds is 5. The minimum absolute atomic E-state index is 0. The highest BCUT2D eigenvalue weighted by atomic mass is 35.5. The van der Waals surface area contributed by atoms with Gasteiger partial charge in [0.15, 0.2) is 11.5 Å². The number of ether oxygens (including phenoxy) is 2. The van der Waals surface area contributed by atoms with Crippen LogP contribution in [0.3, 0.4) is 0 Å². The zero-order chi connectivity index (χ0) is 17.1. The van der Waals surface area contributed by atoms with E-state index in [2.05, 4.69) is 36.2 Å². The molecule has 25 heavy (non-hydrogen) atoms. The highest BCUT2D eigenvalue weighted by Gasteiger charge is 2.26. The van der Waals surface area contributed by atoms with Crippen LogP contribution in [0.1, 0.15) is 29.2 Å². The minimum atomic E-state index is 0. The van der Waals surface area contributed by atoms with E-state index in [1.165, 1.54) is 16.7 Å². The molecule has 3 nitrogen and oxygen atoms in total. The molecule has 3 rings (SSSR count). The average molecular weight is 382 g/mol. The summed E-state index contributed by atoms with van der Waals surface area (Å²) in [5, 5.41) is 0.788. The van der Waals surface area contributed by atoms with Crippen LogP contribution in [-0.4, -0.2) is 32.7 Å². The number of fused-ring (bicyclic) bond motifs is 1. The summed E-state index contributed by atoms with van der Waals surface area (Å²) in [6, 6.07) is 12.8. The lowest BCUT2D eigenvalue weighted by Crippen LogP contribution is -2.32. The van der Waals surface area contributed by atoms with Gasteiger partial charge in [-0.05, 0) is 67.3 Å². The molecule has 0 saturated heterocycles. The van der Waals surface area contributed by atoms with Crippen molar-refractivity contribution in [1.82, 2.24) is 4.90 Å². The molecule has 2 aromatic carbocycles. The molecule has 0 unspecified atom stereocenters. The first kappa shape index (κ1) is 19.9. The molecular formula is C20H25Cl2NO2. The van der Waals surface area contributed by atoms with Crippen molar-refractivity contribution in [2.24, 2.45) is 0 Å². The Hall–Kier alpha value is -1.42. The van der Waals surface area contributed by atoms with Gasteiger partial charge in [0.1, 0.15) is 0 Å². The highest BCUT2D eigenvalue weighted by Crippen LogP contribution is 2.39. The molecule has 0 radical (unpaired) electrons. The van der Waals surface area contributed by atoms with Gasteiger partial charge in [0.2, 0.25) is 0 Å². The zero-order valence-electron chi connectivity index (χ0n) is 14.9. The first-order valence-corrected chi connectivity index (χ1v) is 8.69. The topological polar surface area (TPSA) is 21.7 Å². The fourth-order valence-corrected chi connectivity index (χ4v) is 3.61. The molecule has 0 spiro atoms. The fraction of sp³-hybridized carbons (Fsp3) is 0.400. The maximum atomic E-state index is 5.98. The predicted octanol–water partition coefficient (Wildman–Crippen LogP) is 4.94. The second-order valence-electron chi connectivity index (χ2n) is 6.32. The molecule has 0 aliphatic carbocycles. The number of hydrogen-bond donors (Lipinski definition) is 0. The van der Waals surface area contributed by atoms with E-state index < -0.39 is 0 Å². The molecule has 2 aromatic rings. The number of benzene rings is 2. The molecular weight excluding hydrogens is 357 g/mol. The third-order valence-electron chi connectivity index (χ3n) is 4.89. The number of nitrogens with zero attached hydrogens (tertiary/aromatic N) is 1. The number of aryl methyl sites for hydroxylation is 1. The lowest BCUT2D eigenvalue weighted by molar-refractivity contribution is 0.218. The summed E-state index contributed by atoms with van der Waals surface area (Å²) < 4.78 is 11.0. The van der Waals surface area contributed by atoms with Crippen LogP contribution in [0.2, 0.25) is 5.02 Å². The lowest BCUT2D eigenvalue weighted by atomic mass is 9.89. The quantitative estimate of drug-likeness (QED) is 0.731. The van der Waals surface area contributed by atoms with Crippen molar-refractivity contribution in [1.29, 1.82) is 0 Å². The minimum Gasteiger partial charge on any atom is -0.493 e. The van der Waals surface area contributed by atoms with E-state index in [9.17, 15) is 0 Å². The second kappa shape index (κ2) is 8.79. The van der Waals surface area contributed by atoms with Gasteiger partial charge >= 0.3 is 0 Å². The van der Waals surface area contributed by atoms with Gasteiger partial charge in [0.05, 0.1) is 14.2 Å². The van der Waals surface area contributed by atoms with E-state index in [0.29, 0.717) is 6.04 Å². The van der Waals surface area contributed by atoms with Crippen molar-refractivity contribution < 1.29 is 9.47 Å². The van der Waals surface area contributed by atoms with Crippen molar-refractivity contribution in [3.05, 3.63) is 58.1 Å².